The molecule has 2 aromatic heterocycles. The Morgan fingerprint density at radius 2 is 2.03 bits per heavy atom. The van der Waals surface area contributed by atoms with Crippen LogP contribution in [0.3, 0.4) is 0 Å². The second kappa shape index (κ2) is 12.2. The molecule has 0 aliphatic carbocycles. The van der Waals surface area contributed by atoms with Crippen LogP contribution >= 0.6 is 11.8 Å². The number of hydrogen-bond acceptors (Lipinski definition) is 6. The fraction of sp³-hybridized carbons (Fsp3) is 0.444. The Bertz CT molecular complexity index is 1080. The van der Waals surface area contributed by atoms with Gasteiger partial charge in [0.25, 0.3) is 0 Å². The number of fused-ring (bicyclic) bond motifs is 1. The summed E-state index contributed by atoms with van der Waals surface area (Å²) in [6.07, 6.45) is 10.4. The van der Waals surface area contributed by atoms with Crippen LogP contribution in [0.1, 0.15) is 31.2 Å². The minimum atomic E-state index is -0.653. The summed E-state index contributed by atoms with van der Waals surface area (Å²) in [5.41, 5.74) is 2.22. The molecule has 7 heteroatoms. The van der Waals surface area contributed by atoms with Gasteiger partial charge in [-0.25, -0.2) is 0 Å². The second-order valence-corrected chi connectivity index (χ2v) is 10.1. The van der Waals surface area contributed by atoms with Crippen LogP contribution in [-0.2, 0) is 11.2 Å². The third-order valence-electron chi connectivity index (χ3n) is 6.75. The lowest BCUT2D eigenvalue weighted by Gasteiger charge is -2.36. The maximum absolute atomic E-state index is 12.0. The van der Waals surface area contributed by atoms with E-state index in [1.807, 2.05) is 60.7 Å². The quantitative estimate of drug-likeness (QED) is 0.300. The van der Waals surface area contributed by atoms with E-state index in [2.05, 4.69) is 20.9 Å². The number of hydrogen-bond donors (Lipinski definition) is 1. The van der Waals surface area contributed by atoms with Gasteiger partial charge in [0.2, 0.25) is 0 Å². The van der Waals surface area contributed by atoms with E-state index in [0.717, 1.165) is 67.6 Å². The number of thioether (sulfide) groups is 1. The molecule has 1 N–H and O–H groups in total. The molecule has 1 saturated heterocycles. The first kappa shape index (κ1) is 24.5. The number of carbonyl (C=O) groups is 1. The van der Waals surface area contributed by atoms with Crippen molar-refractivity contribution in [3.8, 4) is 5.75 Å². The molecule has 34 heavy (non-hydrogen) atoms. The lowest BCUT2D eigenvalue weighted by atomic mass is 9.81. The SMILES string of the molecule is COc1ccc2nccc(CCC[C@@H]3CCN(CCCSc4ccncc4)C[C@@H]3C(=O)O)c2c1. The van der Waals surface area contributed by atoms with Gasteiger partial charge in [0, 0.05) is 35.4 Å². The number of methoxy groups -OCH3 is 1. The molecule has 4 rings (SSSR count). The maximum atomic E-state index is 12.0. The van der Waals surface area contributed by atoms with Crippen molar-refractivity contribution in [2.24, 2.45) is 11.8 Å². The predicted molar refractivity (Wildman–Crippen MR) is 136 cm³/mol. The van der Waals surface area contributed by atoms with Gasteiger partial charge < -0.3 is 14.7 Å². The van der Waals surface area contributed by atoms with E-state index in [0.29, 0.717) is 6.54 Å². The second-order valence-electron chi connectivity index (χ2n) is 8.92. The molecule has 1 aliphatic rings. The smallest absolute Gasteiger partial charge is 0.308 e. The Morgan fingerprint density at radius 1 is 1.18 bits per heavy atom. The molecule has 0 radical (unpaired) electrons. The highest BCUT2D eigenvalue weighted by molar-refractivity contribution is 7.99. The number of aryl methyl sites for hydroxylation is 1. The van der Waals surface area contributed by atoms with Crippen molar-refractivity contribution in [1.29, 1.82) is 0 Å². The standard InChI is InChI=1S/C27H33N3O3S/c1-33-22-6-7-26-24(18-22)20(8-14-29-26)4-2-5-21-11-16-30(19-25(21)27(31)32)15-3-17-34-23-9-12-28-13-10-23/h6-10,12-14,18,21,25H,2-5,11,15-17,19H2,1H3,(H,31,32)/t21-,25+/m1/s1. The molecule has 3 heterocycles. The summed E-state index contributed by atoms with van der Waals surface area (Å²) >= 11 is 1.83. The Hall–Kier alpha value is -2.64. The number of aromatic nitrogens is 2. The van der Waals surface area contributed by atoms with Crippen LogP contribution in [0.4, 0.5) is 0 Å². The first-order chi connectivity index (χ1) is 16.6. The van der Waals surface area contributed by atoms with Crippen molar-refractivity contribution in [1.82, 2.24) is 14.9 Å². The number of nitrogens with zero attached hydrogens (tertiary/aromatic N) is 3. The van der Waals surface area contributed by atoms with Gasteiger partial charge in [0.15, 0.2) is 0 Å². The predicted octanol–water partition coefficient (Wildman–Crippen LogP) is 5.17. The van der Waals surface area contributed by atoms with E-state index >= 15 is 0 Å². The molecular formula is C27H33N3O3S. The number of benzene rings is 1. The van der Waals surface area contributed by atoms with Crippen LogP contribution in [0.25, 0.3) is 10.9 Å². The zero-order valence-corrected chi connectivity index (χ0v) is 20.5. The third-order valence-corrected chi connectivity index (χ3v) is 7.85. The van der Waals surface area contributed by atoms with Gasteiger partial charge in [-0.15, -0.1) is 11.8 Å². The van der Waals surface area contributed by atoms with Crippen molar-refractivity contribution in [2.45, 2.75) is 37.0 Å². The van der Waals surface area contributed by atoms with Crippen LogP contribution in [0, 0.1) is 11.8 Å². The van der Waals surface area contributed by atoms with Crippen molar-refractivity contribution < 1.29 is 14.6 Å². The van der Waals surface area contributed by atoms with E-state index in [9.17, 15) is 9.90 Å². The number of pyridine rings is 2. The Kier molecular flexibility index (Phi) is 8.77. The van der Waals surface area contributed by atoms with E-state index in [1.165, 1.54) is 10.5 Å². The van der Waals surface area contributed by atoms with Crippen LogP contribution in [0.5, 0.6) is 5.75 Å². The highest BCUT2D eigenvalue weighted by Crippen LogP contribution is 2.30. The van der Waals surface area contributed by atoms with Crippen molar-refractivity contribution >= 4 is 28.6 Å². The summed E-state index contributed by atoms with van der Waals surface area (Å²) in [4.78, 5) is 24.1. The summed E-state index contributed by atoms with van der Waals surface area (Å²) in [6, 6.07) is 12.1. The summed E-state index contributed by atoms with van der Waals surface area (Å²) in [5.74, 6) is 1.17. The number of aliphatic carboxylic acids is 1. The normalized spacial score (nSPS) is 18.7. The van der Waals surface area contributed by atoms with Gasteiger partial charge in [-0.05, 0) is 98.8 Å². The van der Waals surface area contributed by atoms with E-state index in [-0.39, 0.29) is 11.8 Å². The lowest BCUT2D eigenvalue weighted by molar-refractivity contribution is -0.146. The molecule has 0 spiro atoms. The Labute approximate surface area is 205 Å². The van der Waals surface area contributed by atoms with E-state index in [4.69, 9.17) is 4.74 Å². The molecule has 0 saturated carbocycles. The van der Waals surface area contributed by atoms with Gasteiger partial charge in [0.05, 0.1) is 18.5 Å². The highest BCUT2D eigenvalue weighted by Gasteiger charge is 2.33. The molecule has 1 aromatic carbocycles. The van der Waals surface area contributed by atoms with Crippen LogP contribution in [0.15, 0.2) is 59.9 Å². The average molecular weight is 480 g/mol. The van der Waals surface area contributed by atoms with Gasteiger partial charge in [0.1, 0.15) is 5.75 Å². The molecular weight excluding hydrogens is 446 g/mol. The minimum Gasteiger partial charge on any atom is -0.497 e. The average Bonchev–Trinajstić information content (AvgIpc) is 2.87. The van der Waals surface area contributed by atoms with Gasteiger partial charge in [-0.2, -0.15) is 0 Å². The minimum absolute atomic E-state index is 0.239. The number of rotatable bonds is 11. The first-order valence-electron chi connectivity index (χ1n) is 12.0. The van der Waals surface area contributed by atoms with Gasteiger partial charge in [-0.1, -0.05) is 0 Å². The summed E-state index contributed by atoms with van der Waals surface area (Å²) in [7, 11) is 1.68. The molecule has 1 aliphatic heterocycles. The topological polar surface area (TPSA) is 75.5 Å². The maximum Gasteiger partial charge on any atom is 0.308 e. The van der Waals surface area contributed by atoms with Crippen LogP contribution < -0.4 is 4.74 Å². The van der Waals surface area contributed by atoms with Crippen molar-refractivity contribution in [3.05, 3.63) is 60.6 Å². The largest absolute Gasteiger partial charge is 0.497 e. The number of likely N-dealkylation sites (tertiary alicyclic amines) is 1. The number of carboxylic acid groups (broad SMARTS) is 1. The van der Waals surface area contributed by atoms with Crippen molar-refractivity contribution in [3.63, 3.8) is 0 Å². The Morgan fingerprint density at radius 3 is 2.82 bits per heavy atom. The highest BCUT2D eigenvalue weighted by atomic mass is 32.2. The Balaban J connectivity index is 1.26. The first-order valence-corrected chi connectivity index (χ1v) is 13.0. The van der Waals surface area contributed by atoms with E-state index in [1.54, 1.807) is 7.11 Å². The third kappa shape index (κ3) is 6.48. The zero-order chi connectivity index (χ0) is 23.8. The molecule has 6 nitrogen and oxygen atoms in total. The van der Waals surface area contributed by atoms with Crippen molar-refractivity contribution in [2.75, 3.05) is 32.5 Å². The molecule has 3 aromatic rings. The van der Waals surface area contributed by atoms with E-state index < -0.39 is 5.97 Å². The summed E-state index contributed by atoms with van der Waals surface area (Å²) in [5, 5.41) is 11.0. The fourth-order valence-corrected chi connectivity index (χ4v) is 5.71. The fourth-order valence-electron chi connectivity index (χ4n) is 4.89. The van der Waals surface area contributed by atoms with Gasteiger partial charge in [-0.3, -0.25) is 14.8 Å². The number of carboxylic acids is 1. The number of piperidine rings is 1. The van der Waals surface area contributed by atoms with Crippen LogP contribution in [0.2, 0.25) is 0 Å². The van der Waals surface area contributed by atoms with Gasteiger partial charge >= 0.3 is 5.97 Å². The van der Waals surface area contributed by atoms with Crippen LogP contribution in [-0.4, -0.2) is 58.4 Å². The molecule has 0 bridgehead atoms. The monoisotopic (exact) mass is 479 g/mol. The molecule has 0 amide bonds. The lowest BCUT2D eigenvalue weighted by Crippen LogP contribution is -2.44. The zero-order valence-electron chi connectivity index (χ0n) is 19.7. The molecule has 180 valence electrons. The molecule has 1 fully saturated rings. The molecule has 0 unspecified atom stereocenters. The number of ether oxygens (including phenoxy) is 1. The molecule has 2 atom stereocenters. The summed E-state index contributed by atoms with van der Waals surface area (Å²) < 4.78 is 5.38. The summed E-state index contributed by atoms with van der Waals surface area (Å²) in [6.45, 7) is 2.61.